The lowest BCUT2D eigenvalue weighted by atomic mass is 9.90. The van der Waals surface area contributed by atoms with Crippen molar-refractivity contribution in [2.45, 2.75) is 82.1 Å². The maximum absolute atomic E-state index is 12.2. The molecule has 1 aromatic carbocycles. The Kier molecular flexibility index (Phi) is 9.15. The summed E-state index contributed by atoms with van der Waals surface area (Å²) in [7, 11) is -3.15. The zero-order valence-electron chi connectivity index (χ0n) is 18.4. The molecular weight excluding hydrogens is 384 g/mol. The molecule has 1 atom stereocenters. The van der Waals surface area contributed by atoms with E-state index in [1.807, 2.05) is 12.1 Å². The van der Waals surface area contributed by atoms with Gasteiger partial charge in [-0.1, -0.05) is 31.9 Å². The highest BCUT2D eigenvalue weighted by Gasteiger charge is 2.22. The second-order valence-electron chi connectivity index (χ2n) is 8.69. The van der Waals surface area contributed by atoms with Gasteiger partial charge in [-0.05, 0) is 69.7 Å². The number of rotatable bonds is 10. The molecule has 0 aliphatic carbocycles. The average Bonchev–Trinajstić information content (AvgIpc) is 2.66. The fourth-order valence-electron chi connectivity index (χ4n) is 3.89. The molecule has 1 aliphatic rings. The molecule has 164 valence electrons. The third-order valence-corrected chi connectivity index (χ3v) is 7.18. The largest absolute Gasteiger partial charge is 0.343 e. The van der Waals surface area contributed by atoms with E-state index < -0.39 is 9.84 Å². The minimum Gasteiger partial charge on any atom is -0.343 e. The lowest BCUT2D eigenvalue weighted by molar-refractivity contribution is -0.131. The van der Waals surface area contributed by atoms with Crippen molar-refractivity contribution >= 4 is 15.7 Å². The van der Waals surface area contributed by atoms with Gasteiger partial charge in [-0.2, -0.15) is 0 Å². The van der Waals surface area contributed by atoms with E-state index in [1.165, 1.54) is 19.1 Å². The Balaban J connectivity index is 1.77. The number of hydrogen-bond donors (Lipinski definition) is 1. The van der Waals surface area contributed by atoms with Crippen molar-refractivity contribution < 1.29 is 13.2 Å². The van der Waals surface area contributed by atoms with E-state index in [4.69, 9.17) is 0 Å². The summed E-state index contributed by atoms with van der Waals surface area (Å²) in [6.45, 7) is 7.11. The fraction of sp³-hybridized carbons (Fsp3) is 0.696. The van der Waals surface area contributed by atoms with Gasteiger partial charge in [0, 0.05) is 31.3 Å². The van der Waals surface area contributed by atoms with E-state index >= 15 is 0 Å². The zero-order chi connectivity index (χ0) is 21.3. The molecule has 0 aromatic heterocycles. The van der Waals surface area contributed by atoms with Crippen molar-refractivity contribution in [3.8, 4) is 0 Å². The minimum atomic E-state index is -3.15. The quantitative estimate of drug-likeness (QED) is 0.580. The molecule has 1 heterocycles. The molecule has 0 saturated carbocycles. The minimum absolute atomic E-state index is 0.0249. The van der Waals surface area contributed by atoms with E-state index in [0.717, 1.165) is 63.7 Å². The van der Waals surface area contributed by atoms with E-state index in [1.54, 1.807) is 12.1 Å². The van der Waals surface area contributed by atoms with Gasteiger partial charge >= 0.3 is 0 Å². The van der Waals surface area contributed by atoms with Crippen LogP contribution in [0.2, 0.25) is 0 Å². The molecule has 0 bridgehead atoms. The molecule has 1 fully saturated rings. The monoisotopic (exact) mass is 422 g/mol. The van der Waals surface area contributed by atoms with Crippen molar-refractivity contribution in [3.63, 3.8) is 0 Å². The van der Waals surface area contributed by atoms with E-state index in [-0.39, 0.29) is 5.54 Å². The van der Waals surface area contributed by atoms with E-state index in [9.17, 15) is 13.2 Å². The predicted molar refractivity (Wildman–Crippen MR) is 119 cm³/mol. The molecule has 0 radical (unpaired) electrons. The summed E-state index contributed by atoms with van der Waals surface area (Å²) >= 11 is 0. The van der Waals surface area contributed by atoms with Crippen LogP contribution in [-0.2, 0) is 21.1 Å². The van der Waals surface area contributed by atoms with Crippen LogP contribution in [0.5, 0.6) is 0 Å². The van der Waals surface area contributed by atoms with E-state index in [2.05, 4.69) is 24.1 Å². The maximum atomic E-state index is 12.2. The normalized spacial score (nSPS) is 18.2. The molecular formula is C23H38N2O3S. The average molecular weight is 423 g/mol. The molecule has 5 nitrogen and oxygen atoms in total. The first-order valence-electron chi connectivity index (χ1n) is 11.1. The highest BCUT2D eigenvalue weighted by molar-refractivity contribution is 7.90. The van der Waals surface area contributed by atoms with Gasteiger partial charge in [-0.25, -0.2) is 8.42 Å². The number of carbonyl (C=O) groups excluding carboxylic acids is 1. The maximum Gasteiger partial charge on any atom is 0.222 e. The predicted octanol–water partition coefficient (Wildman–Crippen LogP) is 3.96. The first-order valence-corrected chi connectivity index (χ1v) is 12.9. The Morgan fingerprint density at radius 1 is 1.07 bits per heavy atom. The third-order valence-electron chi connectivity index (χ3n) is 6.05. The molecule has 1 amide bonds. The van der Waals surface area contributed by atoms with Crippen molar-refractivity contribution in [1.82, 2.24) is 10.2 Å². The standard InChI is InChI=1S/C23H38N2O3S/c1-4-23(2,19-20-12-14-21(15-13-20)29(3,27)28)24-16-8-10-18-25-17-9-6-5-7-11-22(25)26/h12-15,24H,4-11,16-19H2,1-3H3. The van der Waals surface area contributed by atoms with Crippen LogP contribution in [0.1, 0.15) is 70.8 Å². The molecule has 1 unspecified atom stereocenters. The number of benzene rings is 1. The molecule has 1 N–H and O–H groups in total. The van der Waals surface area contributed by atoms with Crippen molar-refractivity contribution in [3.05, 3.63) is 29.8 Å². The molecule has 1 saturated heterocycles. The molecule has 6 heteroatoms. The van der Waals surface area contributed by atoms with E-state index in [0.29, 0.717) is 17.2 Å². The van der Waals surface area contributed by atoms with Crippen molar-refractivity contribution in [1.29, 1.82) is 0 Å². The number of sulfone groups is 1. The third kappa shape index (κ3) is 8.09. The highest BCUT2D eigenvalue weighted by atomic mass is 32.2. The van der Waals surface area contributed by atoms with Gasteiger partial charge in [0.2, 0.25) is 5.91 Å². The number of carbonyl (C=O) groups is 1. The summed E-state index contributed by atoms with van der Waals surface area (Å²) in [5, 5.41) is 3.69. The molecule has 29 heavy (non-hydrogen) atoms. The van der Waals surface area contributed by atoms with Gasteiger partial charge in [-0.15, -0.1) is 0 Å². The Hall–Kier alpha value is -1.40. The van der Waals surface area contributed by atoms with Crippen LogP contribution in [0.4, 0.5) is 0 Å². The van der Waals surface area contributed by atoms with Crippen LogP contribution in [0.3, 0.4) is 0 Å². The first-order chi connectivity index (χ1) is 13.7. The SMILES string of the molecule is CCC(C)(Cc1ccc(S(C)(=O)=O)cc1)NCCCCN1CCCCCCC1=O. The Morgan fingerprint density at radius 2 is 1.76 bits per heavy atom. The molecule has 1 aromatic rings. The zero-order valence-corrected chi connectivity index (χ0v) is 19.2. The number of nitrogens with zero attached hydrogens (tertiary/aromatic N) is 1. The molecule has 2 rings (SSSR count). The van der Waals surface area contributed by atoms with Crippen molar-refractivity contribution in [2.75, 3.05) is 25.9 Å². The van der Waals surface area contributed by atoms with Gasteiger partial charge < -0.3 is 10.2 Å². The second kappa shape index (κ2) is 11.1. The second-order valence-corrected chi connectivity index (χ2v) is 10.7. The van der Waals surface area contributed by atoms with Gasteiger partial charge in [0.25, 0.3) is 0 Å². The molecule has 1 aliphatic heterocycles. The summed E-state index contributed by atoms with van der Waals surface area (Å²) in [4.78, 5) is 14.6. The summed E-state index contributed by atoms with van der Waals surface area (Å²) < 4.78 is 23.2. The van der Waals surface area contributed by atoms with Gasteiger partial charge in [0.15, 0.2) is 9.84 Å². The summed E-state index contributed by atoms with van der Waals surface area (Å²) in [6, 6.07) is 7.22. The fourth-order valence-corrected chi connectivity index (χ4v) is 4.52. The number of likely N-dealkylation sites (tertiary alicyclic amines) is 1. The van der Waals surface area contributed by atoms with Crippen molar-refractivity contribution in [2.24, 2.45) is 0 Å². The molecule has 0 spiro atoms. The van der Waals surface area contributed by atoms with Gasteiger partial charge in [0.1, 0.15) is 0 Å². The van der Waals surface area contributed by atoms with Crippen LogP contribution >= 0.6 is 0 Å². The topological polar surface area (TPSA) is 66.5 Å². The van der Waals surface area contributed by atoms with Crippen LogP contribution < -0.4 is 5.32 Å². The van der Waals surface area contributed by atoms with Crippen LogP contribution in [-0.4, -0.2) is 50.7 Å². The van der Waals surface area contributed by atoms with Crippen LogP contribution in [0.15, 0.2) is 29.2 Å². The lowest BCUT2D eigenvalue weighted by Gasteiger charge is -2.30. The Morgan fingerprint density at radius 3 is 2.41 bits per heavy atom. The smallest absolute Gasteiger partial charge is 0.222 e. The number of unbranched alkanes of at least 4 members (excludes halogenated alkanes) is 1. The number of amides is 1. The number of hydrogen-bond acceptors (Lipinski definition) is 4. The Bertz CT molecular complexity index is 746. The Labute approximate surface area is 177 Å². The number of nitrogens with one attached hydrogen (secondary N) is 1. The van der Waals surface area contributed by atoms with Crippen LogP contribution in [0, 0.1) is 0 Å². The summed E-state index contributed by atoms with van der Waals surface area (Å²) in [5.41, 5.74) is 1.11. The lowest BCUT2D eigenvalue weighted by Crippen LogP contribution is -2.44. The van der Waals surface area contributed by atoms with Crippen LogP contribution in [0.25, 0.3) is 0 Å². The summed E-state index contributed by atoms with van der Waals surface area (Å²) in [6.07, 6.45) is 10.5. The highest BCUT2D eigenvalue weighted by Crippen LogP contribution is 2.19. The first kappa shape index (κ1) is 23.9. The van der Waals surface area contributed by atoms with Gasteiger partial charge in [0.05, 0.1) is 4.90 Å². The van der Waals surface area contributed by atoms with Gasteiger partial charge in [-0.3, -0.25) is 4.79 Å². The summed E-state index contributed by atoms with van der Waals surface area (Å²) in [5.74, 6) is 0.327.